The number of Topliss-reactive ketones (excluding diaryl/α,β-unsaturated/α-hetero) is 1. The first kappa shape index (κ1) is 19.3. The molecule has 0 aromatic heterocycles. The average molecular weight is 369 g/mol. The first-order valence-electron chi connectivity index (χ1n) is 7.78. The Morgan fingerprint density at radius 2 is 1.28 bits per heavy atom. The van der Waals surface area contributed by atoms with Crippen LogP contribution in [0.2, 0.25) is 0 Å². The van der Waals surface area contributed by atoms with E-state index in [4.69, 9.17) is 0 Å². The van der Waals surface area contributed by atoms with Crippen LogP contribution in [0.25, 0.3) is 0 Å². The second kappa shape index (κ2) is 8.88. The van der Waals surface area contributed by atoms with Crippen molar-refractivity contribution in [2.24, 2.45) is 0 Å². The Morgan fingerprint density at radius 1 is 0.800 bits per heavy atom. The van der Waals surface area contributed by atoms with Crippen LogP contribution in [0.1, 0.15) is 19.4 Å². The Hall–Kier alpha value is -2.04. The number of hydrogen-bond acceptors (Lipinski definition) is 4. The molecule has 0 unspecified atom stereocenters. The van der Waals surface area contributed by atoms with Gasteiger partial charge in [-0.3, -0.25) is 9.59 Å². The van der Waals surface area contributed by atoms with E-state index in [1.807, 2.05) is 48.5 Å². The van der Waals surface area contributed by atoms with Crippen molar-refractivity contribution in [1.29, 1.82) is 0 Å². The molecule has 0 saturated carbocycles. The van der Waals surface area contributed by atoms with Gasteiger partial charge in [-0.2, -0.15) is 0 Å². The van der Waals surface area contributed by atoms with Gasteiger partial charge in [0.05, 0.1) is 0 Å². The lowest BCUT2D eigenvalue weighted by Crippen LogP contribution is -2.02. The molecule has 2 nitrogen and oxygen atoms in total. The quantitative estimate of drug-likeness (QED) is 0.462. The van der Waals surface area contributed by atoms with Crippen LogP contribution in [0.3, 0.4) is 0 Å². The van der Waals surface area contributed by atoms with Crippen LogP contribution < -0.4 is 0 Å². The van der Waals surface area contributed by atoms with Crippen LogP contribution in [0, 0.1) is 0 Å². The fraction of sp³-hybridized carbons (Fsp3) is 0.143. The third-order valence-corrected chi connectivity index (χ3v) is 5.44. The molecule has 0 atom stereocenters. The van der Waals surface area contributed by atoms with Crippen LogP contribution in [-0.4, -0.2) is 10.9 Å². The number of benzene rings is 2. The molecule has 128 valence electrons. The van der Waals surface area contributed by atoms with E-state index in [0.29, 0.717) is 17.6 Å². The predicted octanol–water partition coefficient (Wildman–Crippen LogP) is 5.72. The molecular weight excluding hydrogens is 348 g/mol. The minimum absolute atomic E-state index is 0.0136. The molecule has 0 saturated heterocycles. The van der Waals surface area contributed by atoms with Crippen molar-refractivity contribution in [3.63, 3.8) is 0 Å². The summed E-state index contributed by atoms with van der Waals surface area (Å²) >= 11 is 2.83. The summed E-state index contributed by atoms with van der Waals surface area (Å²) < 4.78 is 0. The van der Waals surface area contributed by atoms with E-state index in [0.717, 1.165) is 20.2 Å². The van der Waals surface area contributed by atoms with Crippen molar-refractivity contribution < 1.29 is 9.59 Å². The Labute approximate surface area is 157 Å². The maximum atomic E-state index is 11.7. The Balaban J connectivity index is 1.98. The van der Waals surface area contributed by atoms with Gasteiger partial charge in [0, 0.05) is 21.1 Å². The Morgan fingerprint density at radius 3 is 1.76 bits per heavy atom. The second-order valence-electron chi connectivity index (χ2n) is 5.77. The van der Waals surface area contributed by atoms with Gasteiger partial charge in [0.25, 0.3) is 0 Å². The summed E-state index contributed by atoms with van der Waals surface area (Å²) in [6.07, 6.45) is 0.392. The van der Waals surface area contributed by atoms with Gasteiger partial charge >= 0.3 is 0 Å². The van der Waals surface area contributed by atoms with Gasteiger partial charge in [0.2, 0.25) is 5.12 Å². The maximum absolute atomic E-state index is 11.7. The molecular formula is C21H20O2S2. The molecule has 4 heteroatoms. The molecule has 2 aromatic carbocycles. The zero-order valence-electron chi connectivity index (χ0n) is 14.4. The maximum Gasteiger partial charge on any atom is 0.219 e. The van der Waals surface area contributed by atoms with Gasteiger partial charge in [-0.05, 0) is 78.7 Å². The first-order chi connectivity index (χ1) is 11.8. The highest BCUT2D eigenvalue weighted by molar-refractivity contribution is 8.14. The summed E-state index contributed by atoms with van der Waals surface area (Å²) in [6, 6.07) is 15.8. The van der Waals surface area contributed by atoms with Crippen molar-refractivity contribution in [1.82, 2.24) is 0 Å². The van der Waals surface area contributed by atoms with Crippen LogP contribution in [-0.2, 0) is 16.0 Å². The zero-order chi connectivity index (χ0) is 18.4. The van der Waals surface area contributed by atoms with Gasteiger partial charge in [-0.25, -0.2) is 0 Å². The minimum atomic E-state index is -0.0136. The van der Waals surface area contributed by atoms with Crippen molar-refractivity contribution in [2.75, 3.05) is 0 Å². The summed E-state index contributed by atoms with van der Waals surface area (Å²) in [7, 11) is 0. The molecule has 0 aliphatic rings. The third kappa shape index (κ3) is 6.07. The number of rotatable bonds is 7. The SMILES string of the molecule is C=C(C)C(=O)Cc1ccc(Sc2ccc(SC(=O)C(=C)C)cc2)cc1. The van der Waals surface area contributed by atoms with E-state index in [1.165, 1.54) is 11.8 Å². The highest BCUT2D eigenvalue weighted by atomic mass is 32.2. The number of hydrogen-bond donors (Lipinski definition) is 0. The molecule has 0 radical (unpaired) electrons. The molecule has 2 aromatic rings. The number of carbonyl (C=O) groups excluding carboxylic acids is 2. The zero-order valence-corrected chi connectivity index (χ0v) is 16.0. The van der Waals surface area contributed by atoms with Gasteiger partial charge in [0.1, 0.15) is 0 Å². The Kier molecular flexibility index (Phi) is 6.85. The molecule has 0 heterocycles. The second-order valence-corrected chi connectivity index (χ2v) is 7.96. The van der Waals surface area contributed by atoms with E-state index < -0.39 is 0 Å². The van der Waals surface area contributed by atoms with Crippen molar-refractivity contribution in [2.45, 2.75) is 35.0 Å². The van der Waals surface area contributed by atoms with Crippen LogP contribution in [0.15, 0.2) is 87.5 Å². The number of allylic oxidation sites excluding steroid dienone is 1. The van der Waals surface area contributed by atoms with Crippen molar-refractivity contribution in [3.05, 3.63) is 78.4 Å². The minimum Gasteiger partial charge on any atom is -0.294 e. The number of ketones is 1. The Bertz CT molecular complexity index is 733. The highest BCUT2D eigenvalue weighted by Gasteiger charge is 2.07. The summed E-state index contributed by atoms with van der Waals surface area (Å²) in [4.78, 5) is 26.5. The normalized spacial score (nSPS) is 10.3. The summed E-state index contributed by atoms with van der Waals surface area (Å²) in [5.41, 5.74) is 2.12. The van der Waals surface area contributed by atoms with E-state index >= 15 is 0 Å². The molecule has 0 fully saturated rings. The van der Waals surface area contributed by atoms with E-state index in [2.05, 4.69) is 13.2 Å². The van der Waals surface area contributed by atoms with Crippen LogP contribution in [0.5, 0.6) is 0 Å². The predicted molar refractivity (Wildman–Crippen MR) is 106 cm³/mol. The number of thioether (sulfide) groups is 1. The van der Waals surface area contributed by atoms with Gasteiger partial charge in [-0.1, -0.05) is 37.1 Å². The molecule has 0 spiro atoms. The van der Waals surface area contributed by atoms with Crippen molar-refractivity contribution in [3.8, 4) is 0 Å². The molecule has 0 amide bonds. The molecule has 0 aliphatic heterocycles. The van der Waals surface area contributed by atoms with Crippen molar-refractivity contribution >= 4 is 34.4 Å². The standard InChI is InChI=1S/C21H20O2S2/c1-14(2)20(22)13-16-5-7-17(8-6-16)24-18-9-11-19(12-10-18)25-21(23)15(3)4/h5-12H,1,3,13H2,2,4H3. The van der Waals surface area contributed by atoms with E-state index in [1.54, 1.807) is 25.6 Å². The molecule has 0 bridgehead atoms. The molecule has 0 N–H and O–H groups in total. The highest BCUT2D eigenvalue weighted by Crippen LogP contribution is 2.30. The lowest BCUT2D eigenvalue weighted by Gasteiger charge is -2.05. The molecule has 25 heavy (non-hydrogen) atoms. The summed E-state index contributed by atoms with van der Waals surface area (Å²) in [5.74, 6) is 0.0674. The van der Waals surface area contributed by atoms with Gasteiger partial charge in [0.15, 0.2) is 5.78 Å². The molecule has 0 aliphatic carbocycles. The summed E-state index contributed by atoms with van der Waals surface area (Å²) in [5, 5.41) is -0.0136. The molecule has 2 rings (SSSR count). The lowest BCUT2D eigenvalue weighted by atomic mass is 10.1. The topological polar surface area (TPSA) is 34.1 Å². The average Bonchev–Trinajstić information content (AvgIpc) is 2.58. The fourth-order valence-corrected chi connectivity index (χ4v) is 3.39. The largest absolute Gasteiger partial charge is 0.294 e. The lowest BCUT2D eigenvalue weighted by molar-refractivity contribution is -0.115. The summed E-state index contributed by atoms with van der Waals surface area (Å²) in [6.45, 7) is 10.8. The van der Waals surface area contributed by atoms with Crippen LogP contribution in [0.4, 0.5) is 0 Å². The fourth-order valence-electron chi connectivity index (χ4n) is 1.92. The number of carbonyl (C=O) groups is 2. The van der Waals surface area contributed by atoms with Gasteiger partial charge < -0.3 is 0 Å². The monoisotopic (exact) mass is 368 g/mol. The van der Waals surface area contributed by atoms with Crippen LogP contribution >= 0.6 is 23.5 Å². The third-order valence-electron chi connectivity index (χ3n) is 3.38. The van der Waals surface area contributed by atoms with E-state index in [9.17, 15) is 9.59 Å². The van der Waals surface area contributed by atoms with E-state index in [-0.39, 0.29) is 10.9 Å². The first-order valence-corrected chi connectivity index (χ1v) is 9.41. The smallest absolute Gasteiger partial charge is 0.219 e. The van der Waals surface area contributed by atoms with Gasteiger partial charge in [-0.15, -0.1) is 0 Å².